The molecule has 0 aliphatic carbocycles. The molecule has 5 rings (SSSR count). The predicted molar refractivity (Wildman–Crippen MR) is 129 cm³/mol. The van der Waals surface area contributed by atoms with Crippen LogP contribution in [0.25, 0.3) is 31.7 Å². The van der Waals surface area contributed by atoms with Crippen molar-refractivity contribution in [3.05, 3.63) is 89.0 Å². The van der Waals surface area contributed by atoms with E-state index in [4.69, 9.17) is 4.98 Å². The van der Waals surface area contributed by atoms with Gasteiger partial charge in [-0.25, -0.2) is 9.97 Å². The zero-order valence-electron chi connectivity index (χ0n) is 17.4. The van der Waals surface area contributed by atoms with Crippen molar-refractivity contribution < 1.29 is 4.79 Å². The van der Waals surface area contributed by atoms with Gasteiger partial charge in [-0.2, -0.15) is 0 Å². The van der Waals surface area contributed by atoms with E-state index in [0.29, 0.717) is 16.6 Å². The molecule has 0 aliphatic rings. The summed E-state index contributed by atoms with van der Waals surface area (Å²) in [7, 11) is 0. The van der Waals surface area contributed by atoms with Crippen LogP contribution in [-0.2, 0) is 11.3 Å². The number of hydrogen-bond donors (Lipinski definition) is 1. The Morgan fingerprint density at radius 2 is 1.84 bits per heavy atom. The van der Waals surface area contributed by atoms with Gasteiger partial charge in [-0.1, -0.05) is 36.4 Å². The first-order valence-corrected chi connectivity index (χ1v) is 11.1. The Hall–Kier alpha value is -3.84. The highest BCUT2D eigenvalue weighted by atomic mass is 32.1. The minimum atomic E-state index is -0.171. The van der Waals surface area contributed by atoms with Gasteiger partial charge >= 0.3 is 0 Å². The fourth-order valence-corrected chi connectivity index (χ4v) is 4.70. The van der Waals surface area contributed by atoms with E-state index < -0.39 is 0 Å². The van der Waals surface area contributed by atoms with Crippen molar-refractivity contribution in [3.63, 3.8) is 0 Å². The number of aryl methyl sites for hydroxylation is 2. The third-order valence-corrected chi connectivity index (χ3v) is 6.43. The van der Waals surface area contributed by atoms with Crippen molar-refractivity contribution in [2.45, 2.75) is 19.9 Å². The van der Waals surface area contributed by atoms with E-state index in [1.807, 2.05) is 67.6 Å². The van der Waals surface area contributed by atoms with Crippen LogP contribution in [0.5, 0.6) is 0 Å². The summed E-state index contributed by atoms with van der Waals surface area (Å²) < 4.78 is 2.59. The Bertz CT molecular complexity index is 1490. The normalized spacial score (nSPS) is 11.2. The van der Waals surface area contributed by atoms with Crippen molar-refractivity contribution in [1.82, 2.24) is 14.5 Å². The van der Waals surface area contributed by atoms with Crippen LogP contribution in [-0.4, -0.2) is 20.4 Å². The highest BCUT2D eigenvalue weighted by molar-refractivity contribution is 7.21. The van der Waals surface area contributed by atoms with Crippen LogP contribution >= 0.6 is 11.3 Å². The van der Waals surface area contributed by atoms with Crippen LogP contribution in [0.2, 0.25) is 0 Å². The summed E-state index contributed by atoms with van der Waals surface area (Å²) in [6.07, 6.45) is 1.67. The summed E-state index contributed by atoms with van der Waals surface area (Å²) in [6, 6.07) is 21.1. The third-order valence-electron chi connectivity index (χ3n) is 5.36. The predicted octanol–water partition coefficient (Wildman–Crippen LogP) is 5.01. The summed E-state index contributed by atoms with van der Waals surface area (Å²) in [5.41, 5.74) is 4.03. The zero-order valence-corrected chi connectivity index (χ0v) is 18.2. The van der Waals surface area contributed by atoms with Gasteiger partial charge in [0.25, 0.3) is 5.56 Å². The highest BCUT2D eigenvalue weighted by Gasteiger charge is 2.13. The van der Waals surface area contributed by atoms with Crippen molar-refractivity contribution >= 4 is 44.1 Å². The van der Waals surface area contributed by atoms with Crippen LogP contribution in [0.1, 0.15) is 12.0 Å². The maximum Gasteiger partial charge on any atom is 0.261 e. The van der Waals surface area contributed by atoms with E-state index in [1.54, 1.807) is 17.4 Å². The van der Waals surface area contributed by atoms with Gasteiger partial charge in [0.1, 0.15) is 5.01 Å². The molecule has 0 unspecified atom stereocenters. The molecule has 7 heteroatoms. The standard InChI is InChI=1S/C25H20N4O2S/c1-16-7-6-9-18-23(16)26-15-29(25(18)31)14-13-22(30)27-19-10-3-2-8-17(19)24-28-20-11-4-5-12-21(20)32-24/h2-12,15H,13-14H2,1H3,(H,27,30). The Morgan fingerprint density at radius 3 is 2.72 bits per heavy atom. The average Bonchev–Trinajstić information content (AvgIpc) is 3.24. The quantitative estimate of drug-likeness (QED) is 0.417. The number of anilines is 1. The number of nitrogens with one attached hydrogen (secondary N) is 1. The summed E-state index contributed by atoms with van der Waals surface area (Å²) in [5.74, 6) is -0.171. The second kappa shape index (κ2) is 8.36. The fourth-order valence-electron chi connectivity index (χ4n) is 3.70. The molecule has 0 bridgehead atoms. The van der Waals surface area contributed by atoms with Crippen LogP contribution in [0, 0.1) is 6.92 Å². The largest absolute Gasteiger partial charge is 0.325 e. The molecule has 0 saturated carbocycles. The van der Waals surface area contributed by atoms with Crippen molar-refractivity contribution in [2.24, 2.45) is 0 Å². The molecule has 0 fully saturated rings. The Balaban J connectivity index is 1.35. The fraction of sp³-hybridized carbons (Fsp3) is 0.120. The molecule has 2 heterocycles. The van der Waals surface area contributed by atoms with E-state index in [-0.39, 0.29) is 24.4 Å². The molecule has 0 saturated heterocycles. The molecule has 0 aliphatic heterocycles. The number of fused-ring (bicyclic) bond motifs is 2. The number of thiazole rings is 1. The molecule has 2 aromatic heterocycles. The van der Waals surface area contributed by atoms with Gasteiger partial charge in [0, 0.05) is 18.5 Å². The summed E-state index contributed by atoms with van der Waals surface area (Å²) in [6.45, 7) is 2.18. The lowest BCUT2D eigenvalue weighted by molar-refractivity contribution is -0.116. The lowest BCUT2D eigenvalue weighted by Crippen LogP contribution is -2.24. The van der Waals surface area contributed by atoms with Gasteiger partial charge < -0.3 is 5.32 Å². The molecule has 3 aromatic carbocycles. The van der Waals surface area contributed by atoms with Crippen molar-refractivity contribution in [1.29, 1.82) is 0 Å². The Labute approximate surface area is 188 Å². The molecule has 32 heavy (non-hydrogen) atoms. The number of para-hydroxylation sites is 3. The smallest absolute Gasteiger partial charge is 0.261 e. The molecule has 6 nitrogen and oxygen atoms in total. The first kappa shape index (κ1) is 20.1. The first-order valence-electron chi connectivity index (χ1n) is 10.3. The zero-order chi connectivity index (χ0) is 22.1. The van der Waals surface area contributed by atoms with Gasteiger partial charge in [-0.15, -0.1) is 11.3 Å². The van der Waals surface area contributed by atoms with Crippen LogP contribution < -0.4 is 10.9 Å². The second-order valence-corrected chi connectivity index (χ2v) is 8.58. The van der Waals surface area contributed by atoms with E-state index >= 15 is 0 Å². The SMILES string of the molecule is Cc1cccc2c(=O)n(CCC(=O)Nc3ccccc3-c3nc4ccccc4s3)cnc12. The maximum atomic E-state index is 12.8. The van der Waals surface area contributed by atoms with E-state index in [9.17, 15) is 9.59 Å². The molecule has 0 spiro atoms. The van der Waals surface area contributed by atoms with Gasteiger partial charge in [-0.05, 0) is 42.8 Å². The number of rotatable bonds is 5. The number of amides is 1. The van der Waals surface area contributed by atoms with Gasteiger partial charge in [-0.3, -0.25) is 14.2 Å². The number of carbonyl (C=O) groups excluding carboxylic acids is 1. The second-order valence-electron chi connectivity index (χ2n) is 7.54. The number of hydrogen-bond acceptors (Lipinski definition) is 5. The monoisotopic (exact) mass is 440 g/mol. The lowest BCUT2D eigenvalue weighted by Gasteiger charge is -2.10. The highest BCUT2D eigenvalue weighted by Crippen LogP contribution is 2.34. The van der Waals surface area contributed by atoms with E-state index in [2.05, 4.69) is 10.3 Å². The van der Waals surface area contributed by atoms with Crippen molar-refractivity contribution in [3.8, 4) is 10.6 Å². The number of aromatic nitrogens is 3. The Kier molecular flexibility index (Phi) is 5.25. The van der Waals surface area contributed by atoms with Crippen LogP contribution in [0.4, 0.5) is 5.69 Å². The van der Waals surface area contributed by atoms with Crippen LogP contribution in [0.15, 0.2) is 77.9 Å². The number of benzene rings is 3. The first-order chi connectivity index (χ1) is 15.6. The minimum Gasteiger partial charge on any atom is -0.325 e. The molecule has 1 amide bonds. The summed E-state index contributed by atoms with van der Waals surface area (Å²) in [4.78, 5) is 34.6. The van der Waals surface area contributed by atoms with E-state index in [1.165, 1.54) is 10.9 Å². The molecule has 0 radical (unpaired) electrons. The summed E-state index contributed by atoms with van der Waals surface area (Å²) >= 11 is 1.59. The molecular weight excluding hydrogens is 420 g/mol. The summed E-state index contributed by atoms with van der Waals surface area (Å²) in [5, 5.41) is 4.40. The molecule has 1 N–H and O–H groups in total. The maximum absolute atomic E-state index is 12.8. The lowest BCUT2D eigenvalue weighted by atomic mass is 10.1. The van der Waals surface area contributed by atoms with E-state index in [0.717, 1.165) is 26.4 Å². The van der Waals surface area contributed by atoms with Gasteiger partial charge in [0.15, 0.2) is 0 Å². The third kappa shape index (κ3) is 3.78. The van der Waals surface area contributed by atoms with Gasteiger partial charge in [0.2, 0.25) is 5.91 Å². The Morgan fingerprint density at radius 1 is 1.03 bits per heavy atom. The van der Waals surface area contributed by atoms with Crippen LogP contribution in [0.3, 0.4) is 0 Å². The topological polar surface area (TPSA) is 76.9 Å². The number of nitrogens with zero attached hydrogens (tertiary/aromatic N) is 3. The molecular formula is C25H20N4O2S. The average molecular weight is 441 g/mol. The molecule has 0 atom stereocenters. The molecule has 5 aromatic rings. The van der Waals surface area contributed by atoms with Gasteiger partial charge in [0.05, 0.1) is 33.1 Å². The van der Waals surface area contributed by atoms with Crippen molar-refractivity contribution in [2.75, 3.05) is 5.32 Å². The minimum absolute atomic E-state index is 0.138. The molecule has 158 valence electrons. The number of carbonyl (C=O) groups is 1.